The standard InChI is InChI=1S/C21H25FN4O/c1-13-6-7-17(25-21(13)26-9-8-15(23)12-26)18-10-14(11-24-18)20-16(22)4-3-5-19(20)27-2/h3-7,11,15,18,24H,8-10,12,23H2,1-2H3. The van der Waals surface area contributed by atoms with Crippen molar-refractivity contribution in [2.45, 2.75) is 31.8 Å². The summed E-state index contributed by atoms with van der Waals surface area (Å²) in [5.41, 5.74) is 9.58. The predicted octanol–water partition coefficient (Wildman–Crippen LogP) is 3.15. The van der Waals surface area contributed by atoms with Crippen molar-refractivity contribution in [1.82, 2.24) is 10.3 Å². The molecule has 2 atom stereocenters. The van der Waals surface area contributed by atoms with Crippen LogP contribution in [0.15, 0.2) is 36.5 Å². The van der Waals surface area contributed by atoms with E-state index >= 15 is 0 Å². The first-order chi connectivity index (χ1) is 13.1. The summed E-state index contributed by atoms with van der Waals surface area (Å²) in [6.45, 7) is 3.85. The molecule has 0 amide bonds. The minimum absolute atomic E-state index is 0.0138. The summed E-state index contributed by atoms with van der Waals surface area (Å²) in [6, 6.07) is 9.27. The zero-order valence-corrected chi connectivity index (χ0v) is 15.7. The molecular weight excluding hydrogens is 343 g/mol. The molecule has 1 aromatic carbocycles. The summed E-state index contributed by atoms with van der Waals surface area (Å²) in [4.78, 5) is 7.17. The van der Waals surface area contributed by atoms with Crippen LogP contribution in [0.3, 0.4) is 0 Å². The van der Waals surface area contributed by atoms with E-state index in [1.165, 1.54) is 6.07 Å². The molecule has 2 aromatic rings. The number of pyridine rings is 1. The maximum atomic E-state index is 14.4. The topological polar surface area (TPSA) is 63.4 Å². The molecule has 0 saturated carbocycles. The number of anilines is 1. The first kappa shape index (κ1) is 17.8. The number of halogens is 1. The Bertz CT molecular complexity index is 882. The molecule has 1 saturated heterocycles. The van der Waals surface area contributed by atoms with Crippen molar-refractivity contribution >= 4 is 11.4 Å². The zero-order chi connectivity index (χ0) is 19.0. The average Bonchev–Trinajstić information content (AvgIpc) is 3.31. The van der Waals surface area contributed by atoms with Gasteiger partial charge in [-0.1, -0.05) is 12.1 Å². The Morgan fingerprint density at radius 3 is 2.89 bits per heavy atom. The maximum Gasteiger partial charge on any atom is 0.134 e. The molecule has 1 fully saturated rings. The number of nitrogens with one attached hydrogen (secondary N) is 1. The van der Waals surface area contributed by atoms with Crippen LogP contribution in [-0.2, 0) is 0 Å². The number of hydrogen-bond donors (Lipinski definition) is 2. The molecule has 0 spiro atoms. The van der Waals surface area contributed by atoms with Gasteiger partial charge in [0.25, 0.3) is 0 Å². The second kappa shape index (κ2) is 7.19. The van der Waals surface area contributed by atoms with Crippen LogP contribution in [0.5, 0.6) is 5.75 Å². The average molecular weight is 368 g/mol. The van der Waals surface area contributed by atoms with Crippen LogP contribution >= 0.6 is 0 Å². The van der Waals surface area contributed by atoms with Gasteiger partial charge in [0, 0.05) is 31.8 Å². The van der Waals surface area contributed by atoms with Gasteiger partial charge >= 0.3 is 0 Å². The fourth-order valence-corrected chi connectivity index (χ4v) is 3.92. The van der Waals surface area contributed by atoms with Gasteiger partial charge in [0.05, 0.1) is 24.4 Å². The minimum Gasteiger partial charge on any atom is -0.496 e. The highest BCUT2D eigenvalue weighted by atomic mass is 19.1. The largest absolute Gasteiger partial charge is 0.496 e. The van der Waals surface area contributed by atoms with E-state index in [1.807, 2.05) is 12.3 Å². The smallest absolute Gasteiger partial charge is 0.134 e. The quantitative estimate of drug-likeness (QED) is 0.868. The van der Waals surface area contributed by atoms with E-state index in [0.717, 1.165) is 42.2 Å². The number of nitrogens with two attached hydrogens (primary N) is 1. The van der Waals surface area contributed by atoms with E-state index < -0.39 is 0 Å². The zero-order valence-electron chi connectivity index (χ0n) is 15.7. The summed E-state index contributed by atoms with van der Waals surface area (Å²) >= 11 is 0. The lowest BCUT2D eigenvalue weighted by Crippen LogP contribution is -2.28. The fourth-order valence-electron chi connectivity index (χ4n) is 3.92. The third-order valence-corrected chi connectivity index (χ3v) is 5.37. The lowest BCUT2D eigenvalue weighted by Gasteiger charge is -2.21. The molecular formula is C21H25FN4O. The number of aromatic nitrogens is 1. The number of aryl methyl sites for hydroxylation is 1. The van der Waals surface area contributed by atoms with E-state index in [-0.39, 0.29) is 17.9 Å². The van der Waals surface area contributed by atoms with Gasteiger partial charge in [-0.15, -0.1) is 0 Å². The first-order valence-corrected chi connectivity index (χ1v) is 9.33. The molecule has 1 aromatic heterocycles. The number of ether oxygens (including phenoxy) is 1. The Balaban J connectivity index is 1.57. The van der Waals surface area contributed by atoms with Gasteiger partial charge in [-0.3, -0.25) is 0 Å². The van der Waals surface area contributed by atoms with Crippen molar-refractivity contribution in [1.29, 1.82) is 0 Å². The molecule has 0 radical (unpaired) electrons. The van der Waals surface area contributed by atoms with Crippen molar-refractivity contribution in [3.8, 4) is 5.75 Å². The van der Waals surface area contributed by atoms with Gasteiger partial charge in [0.15, 0.2) is 0 Å². The van der Waals surface area contributed by atoms with E-state index in [1.54, 1.807) is 19.2 Å². The molecule has 5 nitrogen and oxygen atoms in total. The molecule has 4 rings (SSSR count). The van der Waals surface area contributed by atoms with Crippen molar-refractivity contribution in [2.24, 2.45) is 5.73 Å². The van der Waals surface area contributed by atoms with Gasteiger partial charge in [-0.2, -0.15) is 0 Å². The molecule has 3 heterocycles. The van der Waals surface area contributed by atoms with Gasteiger partial charge in [-0.25, -0.2) is 9.37 Å². The Hall–Kier alpha value is -2.60. The summed E-state index contributed by atoms with van der Waals surface area (Å²) in [5.74, 6) is 1.28. The molecule has 0 bridgehead atoms. The van der Waals surface area contributed by atoms with Crippen molar-refractivity contribution < 1.29 is 9.13 Å². The van der Waals surface area contributed by atoms with Crippen LogP contribution in [0, 0.1) is 12.7 Å². The summed E-state index contributed by atoms with van der Waals surface area (Å²) in [5, 5.41) is 3.36. The summed E-state index contributed by atoms with van der Waals surface area (Å²) in [7, 11) is 1.56. The van der Waals surface area contributed by atoms with E-state index in [0.29, 0.717) is 17.7 Å². The molecule has 2 aliphatic rings. The third-order valence-electron chi connectivity index (χ3n) is 5.37. The van der Waals surface area contributed by atoms with Crippen LogP contribution in [0.4, 0.5) is 10.2 Å². The van der Waals surface area contributed by atoms with E-state index in [9.17, 15) is 4.39 Å². The van der Waals surface area contributed by atoms with Crippen LogP contribution in [-0.4, -0.2) is 31.2 Å². The van der Waals surface area contributed by atoms with Crippen molar-refractivity contribution in [2.75, 3.05) is 25.1 Å². The number of nitrogens with zero attached hydrogens (tertiary/aromatic N) is 2. The number of hydrogen-bond acceptors (Lipinski definition) is 5. The second-order valence-corrected chi connectivity index (χ2v) is 7.28. The van der Waals surface area contributed by atoms with Gasteiger partial charge in [0.2, 0.25) is 0 Å². The maximum absolute atomic E-state index is 14.4. The normalized spacial score (nSPS) is 21.9. The van der Waals surface area contributed by atoms with Crippen LogP contribution in [0.2, 0.25) is 0 Å². The Morgan fingerprint density at radius 1 is 1.30 bits per heavy atom. The van der Waals surface area contributed by atoms with Gasteiger partial charge in [-0.05, 0) is 42.7 Å². The molecule has 3 N–H and O–H groups in total. The highest BCUT2D eigenvalue weighted by molar-refractivity contribution is 5.73. The molecule has 0 aliphatic carbocycles. The highest BCUT2D eigenvalue weighted by Gasteiger charge is 2.27. The molecule has 6 heteroatoms. The predicted molar refractivity (Wildman–Crippen MR) is 105 cm³/mol. The Morgan fingerprint density at radius 2 is 2.15 bits per heavy atom. The number of rotatable bonds is 4. The summed E-state index contributed by atoms with van der Waals surface area (Å²) in [6.07, 6.45) is 3.52. The van der Waals surface area contributed by atoms with Gasteiger partial charge in [0.1, 0.15) is 17.4 Å². The fraction of sp³-hybridized carbons (Fsp3) is 0.381. The molecule has 142 valence electrons. The molecule has 27 heavy (non-hydrogen) atoms. The van der Waals surface area contributed by atoms with Crippen LogP contribution in [0.25, 0.3) is 5.57 Å². The summed E-state index contributed by atoms with van der Waals surface area (Å²) < 4.78 is 19.7. The van der Waals surface area contributed by atoms with Crippen molar-refractivity contribution in [3.63, 3.8) is 0 Å². The number of benzene rings is 1. The Kier molecular flexibility index (Phi) is 4.74. The molecule has 2 unspecified atom stereocenters. The monoisotopic (exact) mass is 368 g/mol. The lowest BCUT2D eigenvalue weighted by molar-refractivity contribution is 0.409. The number of methoxy groups -OCH3 is 1. The molecule has 2 aliphatic heterocycles. The third kappa shape index (κ3) is 3.37. The second-order valence-electron chi connectivity index (χ2n) is 7.28. The van der Waals surface area contributed by atoms with E-state index in [4.69, 9.17) is 15.5 Å². The Labute approximate surface area is 159 Å². The highest BCUT2D eigenvalue weighted by Crippen LogP contribution is 2.38. The van der Waals surface area contributed by atoms with E-state index in [2.05, 4.69) is 23.2 Å². The SMILES string of the molecule is COc1cccc(F)c1C1=CNC(c2ccc(C)c(N3CCC(N)C3)n2)C1. The van der Waals surface area contributed by atoms with Crippen LogP contribution in [0.1, 0.15) is 35.7 Å². The lowest BCUT2D eigenvalue weighted by atomic mass is 9.99. The van der Waals surface area contributed by atoms with Gasteiger partial charge < -0.3 is 20.7 Å². The van der Waals surface area contributed by atoms with Crippen LogP contribution < -0.4 is 20.7 Å². The minimum atomic E-state index is -0.272. The van der Waals surface area contributed by atoms with Crippen molar-refractivity contribution in [3.05, 3.63) is 59.2 Å². The first-order valence-electron chi connectivity index (χ1n) is 9.33.